The lowest BCUT2D eigenvalue weighted by molar-refractivity contribution is 0.0510. The summed E-state index contributed by atoms with van der Waals surface area (Å²) in [6.07, 6.45) is 0. The van der Waals surface area contributed by atoms with E-state index in [4.69, 9.17) is 10.5 Å². The van der Waals surface area contributed by atoms with Crippen LogP contribution in [0, 0.1) is 0 Å². The summed E-state index contributed by atoms with van der Waals surface area (Å²) in [6, 6.07) is 0. The Morgan fingerprint density at radius 3 is 2.71 bits per heavy atom. The zero-order chi connectivity index (χ0) is 13.1. The first-order chi connectivity index (χ1) is 7.89. The van der Waals surface area contributed by atoms with Gasteiger partial charge in [0.1, 0.15) is 0 Å². The third-order valence-electron chi connectivity index (χ3n) is 2.04. The number of nitrogens with two attached hydrogens (primary N) is 1. The SMILES string of the molecule is CCOC(=O)c1nnn(CC(C)(C)O)c1CN. The highest BCUT2D eigenvalue weighted by Gasteiger charge is 2.23. The van der Waals surface area contributed by atoms with E-state index in [0.717, 1.165) is 0 Å². The molecular formula is C10H18N4O3. The molecule has 1 rings (SSSR count). The number of rotatable bonds is 5. The lowest BCUT2D eigenvalue weighted by atomic mass is 10.1. The van der Waals surface area contributed by atoms with E-state index >= 15 is 0 Å². The minimum atomic E-state index is -0.955. The number of carbonyl (C=O) groups is 1. The zero-order valence-corrected chi connectivity index (χ0v) is 10.3. The van der Waals surface area contributed by atoms with Gasteiger partial charge in [0.25, 0.3) is 0 Å². The summed E-state index contributed by atoms with van der Waals surface area (Å²) < 4.78 is 6.26. The first-order valence-corrected chi connectivity index (χ1v) is 5.41. The minimum absolute atomic E-state index is 0.108. The van der Waals surface area contributed by atoms with Crippen LogP contribution >= 0.6 is 0 Å². The summed E-state index contributed by atoms with van der Waals surface area (Å²) in [5.41, 5.74) is 5.18. The van der Waals surface area contributed by atoms with Gasteiger partial charge in [-0.25, -0.2) is 9.48 Å². The van der Waals surface area contributed by atoms with Crippen LogP contribution < -0.4 is 5.73 Å². The lowest BCUT2D eigenvalue weighted by Gasteiger charge is -2.17. The molecule has 0 amide bonds. The molecule has 3 N–H and O–H groups in total. The van der Waals surface area contributed by atoms with E-state index < -0.39 is 11.6 Å². The molecule has 0 aromatic carbocycles. The fourth-order valence-corrected chi connectivity index (χ4v) is 1.39. The Kier molecular flexibility index (Phi) is 4.19. The average Bonchev–Trinajstić information content (AvgIpc) is 2.58. The van der Waals surface area contributed by atoms with E-state index in [2.05, 4.69) is 10.3 Å². The number of hydrogen-bond acceptors (Lipinski definition) is 6. The quantitative estimate of drug-likeness (QED) is 0.686. The number of hydrogen-bond donors (Lipinski definition) is 2. The maximum absolute atomic E-state index is 11.5. The van der Waals surface area contributed by atoms with Gasteiger partial charge in [0.05, 0.1) is 24.4 Å². The van der Waals surface area contributed by atoms with E-state index in [9.17, 15) is 9.90 Å². The van der Waals surface area contributed by atoms with Crippen LogP contribution in [0.15, 0.2) is 0 Å². The third-order valence-corrected chi connectivity index (χ3v) is 2.04. The summed E-state index contributed by atoms with van der Waals surface area (Å²) in [7, 11) is 0. The van der Waals surface area contributed by atoms with E-state index in [1.807, 2.05) is 0 Å². The van der Waals surface area contributed by atoms with E-state index in [1.54, 1.807) is 20.8 Å². The van der Waals surface area contributed by atoms with Gasteiger partial charge in [0, 0.05) is 6.54 Å². The molecule has 0 saturated heterocycles. The van der Waals surface area contributed by atoms with Crippen LogP contribution in [0.5, 0.6) is 0 Å². The van der Waals surface area contributed by atoms with E-state index in [1.165, 1.54) is 4.68 Å². The molecule has 0 spiro atoms. The Bertz CT molecular complexity index is 395. The monoisotopic (exact) mass is 242 g/mol. The lowest BCUT2D eigenvalue weighted by Crippen LogP contribution is -2.28. The number of esters is 1. The smallest absolute Gasteiger partial charge is 0.360 e. The van der Waals surface area contributed by atoms with Gasteiger partial charge < -0.3 is 15.6 Å². The summed E-state index contributed by atoms with van der Waals surface area (Å²) in [4.78, 5) is 11.5. The van der Waals surface area contributed by atoms with Gasteiger partial charge >= 0.3 is 5.97 Å². The van der Waals surface area contributed by atoms with Crippen LogP contribution in [-0.4, -0.2) is 38.3 Å². The van der Waals surface area contributed by atoms with Crippen molar-refractivity contribution in [3.05, 3.63) is 11.4 Å². The van der Waals surface area contributed by atoms with Gasteiger partial charge in [0.2, 0.25) is 0 Å². The molecule has 0 saturated carbocycles. The number of nitrogens with zero attached hydrogens (tertiary/aromatic N) is 3. The molecule has 7 heteroatoms. The van der Waals surface area contributed by atoms with Crippen LogP contribution in [-0.2, 0) is 17.8 Å². The van der Waals surface area contributed by atoms with Gasteiger partial charge in [-0.15, -0.1) is 5.10 Å². The van der Waals surface area contributed by atoms with Gasteiger partial charge in [-0.3, -0.25) is 0 Å². The summed E-state index contributed by atoms with van der Waals surface area (Å²) in [6.45, 7) is 5.57. The molecule has 0 fully saturated rings. The zero-order valence-electron chi connectivity index (χ0n) is 10.3. The highest BCUT2D eigenvalue weighted by atomic mass is 16.5. The highest BCUT2D eigenvalue weighted by Crippen LogP contribution is 2.11. The van der Waals surface area contributed by atoms with Crippen LogP contribution in [0.4, 0.5) is 0 Å². The molecule has 0 unspecified atom stereocenters. The number of aromatic nitrogens is 3. The van der Waals surface area contributed by atoms with Crippen LogP contribution in [0.1, 0.15) is 37.0 Å². The number of aliphatic hydroxyl groups is 1. The second kappa shape index (κ2) is 5.24. The molecule has 1 aromatic rings. The van der Waals surface area contributed by atoms with Crippen molar-refractivity contribution in [1.29, 1.82) is 0 Å². The molecule has 1 aromatic heterocycles. The third kappa shape index (κ3) is 3.50. The maximum Gasteiger partial charge on any atom is 0.360 e. The summed E-state index contributed by atoms with van der Waals surface area (Å²) in [5.74, 6) is -0.546. The number of carbonyl (C=O) groups excluding carboxylic acids is 1. The van der Waals surface area contributed by atoms with E-state index in [-0.39, 0.29) is 25.4 Å². The Labute approximate surface area is 99.6 Å². The molecule has 1 heterocycles. The van der Waals surface area contributed by atoms with Crippen molar-refractivity contribution in [2.75, 3.05) is 6.61 Å². The topological polar surface area (TPSA) is 103 Å². The van der Waals surface area contributed by atoms with Crippen LogP contribution in [0.25, 0.3) is 0 Å². The minimum Gasteiger partial charge on any atom is -0.461 e. The van der Waals surface area contributed by atoms with Crippen molar-refractivity contribution in [2.45, 2.75) is 39.5 Å². The Balaban J connectivity index is 2.99. The van der Waals surface area contributed by atoms with Crippen molar-refractivity contribution in [2.24, 2.45) is 5.73 Å². The predicted octanol–water partition coefficient (Wildman–Crippen LogP) is -0.316. The van der Waals surface area contributed by atoms with Gasteiger partial charge in [-0.1, -0.05) is 5.21 Å². The normalized spacial score (nSPS) is 11.6. The van der Waals surface area contributed by atoms with Crippen molar-refractivity contribution in [1.82, 2.24) is 15.0 Å². The summed E-state index contributed by atoms with van der Waals surface area (Å²) >= 11 is 0. The standard InChI is InChI=1S/C10H18N4O3/c1-4-17-9(15)8-7(5-11)14(13-12-8)6-10(2,3)16/h16H,4-6,11H2,1-3H3. The Morgan fingerprint density at radius 1 is 1.59 bits per heavy atom. The van der Waals surface area contributed by atoms with Crippen molar-refractivity contribution in [3.8, 4) is 0 Å². The predicted molar refractivity (Wildman–Crippen MR) is 60.2 cm³/mol. The van der Waals surface area contributed by atoms with Crippen molar-refractivity contribution >= 4 is 5.97 Å². The van der Waals surface area contributed by atoms with Crippen LogP contribution in [0.3, 0.4) is 0 Å². The van der Waals surface area contributed by atoms with E-state index in [0.29, 0.717) is 5.69 Å². The molecule has 0 radical (unpaired) electrons. The molecule has 0 aliphatic heterocycles. The molecule has 17 heavy (non-hydrogen) atoms. The van der Waals surface area contributed by atoms with Crippen molar-refractivity contribution in [3.63, 3.8) is 0 Å². The van der Waals surface area contributed by atoms with Crippen molar-refractivity contribution < 1.29 is 14.6 Å². The molecule has 7 nitrogen and oxygen atoms in total. The first-order valence-electron chi connectivity index (χ1n) is 5.41. The Morgan fingerprint density at radius 2 is 2.24 bits per heavy atom. The molecule has 0 aliphatic carbocycles. The van der Waals surface area contributed by atoms with Gasteiger partial charge in [-0.2, -0.15) is 0 Å². The maximum atomic E-state index is 11.5. The second-order valence-electron chi connectivity index (χ2n) is 4.28. The highest BCUT2D eigenvalue weighted by molar-refractivity contribution is 5.88. The fourth-order valence-electron chi connectivity index (χ4n) is 1.39. The largest absolute Gasteiger partial charge is 0.461 e. The van der Waals surface area contributed by atoms with Gasteiger partial charge in [0.15, 0.2) is 5.69 Å². The first kappa shape index (κ1) is 13.6. The van der Waals surface area contributed by atoms with Crippen LogP contribution in [0.2, 0.25) is 0 Å². The second-order valence-corrected chi connectivity index (χ2v) is 4.28. The molecule has 0 aliphatic rings. The molecule has 0 bridgehead atoms. The molecular weight excluding hydrogens is 224 g/mol. The fraction of sp³-hybridized carbons (Fsp3) is 0.700. The number of ether oxygens (including phenoxy) is 1. The molecule has 96 valence electrons. The van der Waals surface area contributed by atoms with Gasteiger partial charge in [-0.05, 0) is 20.8 Å². The summed E-state index contributed by atoms with van der Waals surface area (Å²) in [5, 5.41) is 17.2. The Hall–Kier alpha value is -1.47. The molecule has 0 atom stereocenters. The average molecular weight is 242 g/mol.